The summed E-state index contributed by atoms with van der Waals surface area (Å²) in [6.07, 6.45) is 0.237. The van der Waals surface area contributed by atoms with Gasteiger partial charge in [0.05, 0.1) is 12.5 Å². The Morgan fingerprint density at radius 1 is 1.57 bits per heavy atom. The first-order valence-electron chi connectivity index (χ1n) is 7.11. The van der Waals surface area contributed by atoms with E-state index in [9.17, 15) is 9.59 Å². The molecule has 1 aliphatic rings. The lowest BCUT2D eigenvalue weighted by atomic mass is 10.0. The average Bonchev–Trinajstić information content (AvgIpc) is 2.94. The van der Waals surface area contributed by atoms with Crippen molar-refractivity contribution in [3.8, 4) is 0 Å². The lowest BCUT2D eigenvalue weighted by Crippen LogP contribution is -2.57. The summed E-state index contributed by atoms with van der Waals surface area (Å²) >= 11 is 1.51. The summed E-state index contributed by atoms with van der Waals surface area (Å²) in [6, 6.07) is 3.25. The third-order valence-electron chi connectivity index (χ3n) is 3.94. The molecule has 116 valence electrons. The highest BCUT2D eigenvalue weighted by Gasteiger charge is 2.30. The Morgan fingerprint density at radius 2 is 2.33 bits per heavy atom. The van der Waals surface area contributed by atoms with Gasteiger partial charge in [0.15, 0.2) is 0 Å². The number of primary amides is 1. The molecule has 4 N–H and O–H groups in total. The van der Waals surface area contributed by atoms with Crippen LogP contribution in [0.4, 0.5) is 4.79 Å². The van der Waals surface area contributed by atoms with E-state index in [1.807, 2.05) is 29.3 Å². The van der Waals surface area contributed by atoms with Gasteiger partial charge in [-0.3, -0.25) is 4.79 Å². The molecular weight excluding hydrogens is 288 g/mol. The summed E-state index contributed by atoms with van der Waals surface area (Å²) < 4.78 is 0. The number of amides is 3. The van der Waals surface area contributed by atoms with Crippen LogP contribution in [-0.2, 0) is 4.79 Å². The highest BCUT2D eigenvalue weighted by molar-refractivity contribution is 7.10. The molecular formula is C14H22N4O2S. The molecule has 21 heavy (non-hydrogen) atoms. The predicted octanol–water partition coefficient (Wildman–Crippen LogP) is 1.06. The molecule has 7 heteroatoms. The zero-order chi connectivity index (χ0) is 15.4. The van der Waals surface area contributed by atoms with Crippen molar-refractivity contribution >= 4 is 23.3 Å². The molecule has 6 nitrogen and oxygen atoms in total. The van der Waals surface area contributed by atoms with Crippen molar-refractivity contribution in [2.24, 2.45) is 5.73 Å². The lowest BCUT2D eigenvalue weighted by molar-refractivity contribution is -0.135. The van der Waals surface area contributed by atoms with Gasteiger partial charge in [-0.1, -0.05) is 6.07 Å². The predicted molar refractivity (Wildman–Crippen MR) is 83.0 cm³/mol. The van der Waals surface area contributed by atoms with Gasteiger partial charge in [0.1, 0.15) is 0 Å². The number of thiophene rings is 1. The van der Waals surface area contributed by atoms with Gasteiger partial charge in [-0.25, -0.2) is 4.79 Å². The van der Waals surface area contributed by atoms with Gasteiger partial charge in [0, 0.05) is 30.1 Å². The highest BCUT2D eigenvalue weighted by Crippen LogP contribution is 2.23. The van der Waals surface area contributed by atoms with Crippen molar-refractivity contribution in [3.05, 3.63) is 22.4 Å². The van der Waals surface area contributed by atoms with Crippen molar-refractivity contribution < 1.29 is 9.59 Å². The van der Waals surface area contributed by atoms with E-state index in [1.165, 1.54) is 11.3 Å². The number of hydrogen-bond acceptors (Lipinski definition) is 4. The van der Waals surface area contributed by atoms with Gasteiger partial charge >= 0.3 is 6.03 Å². The van der Waals surface area contributed by atoms with Gasteiger partial charge < -0.3 is 21.3 Å². The number of nitrogens with zero attached hydrogens (tertiary/aromatic N) is 1. The smallest absolute Gasteiger partial charge is 0.312 e. The van der Waals surface area contributed by atoms with Crippen LogP contribution in [0.25, 0.3) is 0 Å². The molecule has 1 aliphatic heterocycles. The monoisotopic (exact) mass is 310 g/mol. The molecule has 1 saturated heterocycles. The molecule has 0 aromatic carbocycles. The average molecular weight is 310 g/mol. The second-order valence-electron chi connectivity index (χ2n) is 5.35. The van der Waals surface area contributed by atoms with E-state index >= 15 is 0 Å². The Hall–Kier alpha value is -1.60. The number of carbonyl (C=O) groups is 2. The quantitative estimate of drug-likeness (QED) is 0.777. The summed E-state index contributed by atoms with van der Waals surface area (Å²) in [6.45, 7) is 5.60. The lowest BCUT2D eigenvalue weighted by Gasteiger charge is -2.39. The molecule has 3 unspecified atom stereocenters. The Balaban J connectivity index is 2.05. The second kappa shape index (κ2) is 6.91. The number of rotatable bonds is 4. The maximum atomic E-state index is 12.6. The van der Waals surface area contributed by atoms with Crippen LogP contribution in [0.3, 0.4) is 0 Å². The van der Waals surface area contributed by atoms with E-state index in [-0.39, 0.29) is 30.5 Å². The molecule has 1 fully saturated rings. The first kappa shape index (κ1) is 15.8. The highest BCUT2D eigenvalue weighted by atomic mass is 32.1. The van der Waals surface area contributed by atoms with Crippen molar-refractivity contribution in [2.45, 2.75) is 38.4 Å². The Morgan fingerprint density at radius 3 is 2.95 bits per heavy atom. The topological polar surface area (TPSA) is 87.5 Å². The first-order chi connectivity index (χ1) is 9.99. The zero-order valence-corrected chi connectivity index (χ0v) is 13.2. The van der Waals surface area contributed by atoms with Crippen LogP contribution in [0, 0.1) is 0 Å². The SMILES string of the molecule is CC1NCCN(C(=O)CC(NC(N)=O)c2cccs2)C1C. The minimum Gasteiger partial charge on any atom is -0.352 e. The maximum Gasteiger partial charge on any atom is 0.312 e. The molecule has 2 rings (SSSR count). The molecule has 0 aliphatic carbocycles. The number of hydrogen-bond donors (Lipinski definition) is 3. The summed E-state index contributed by atoms with van der Waals surface area (Å²) in [5.41, 5.74) is 5.22. The van der Waals surface area contributed by atoms with Crippen molar-refractivity contribution in [2.75, 3.05) is 13.1 Å². The van der Waals surface area contributed by atoms with Gasteiger partial charge in [-0.15, -0.1) is 11.3 Å². The van der Waals surface area contributed by atoms with Crippen LogP contribution >= 0.6 is 11.3 Å². The summed E-state index contributed by atoms with van der Waals surface area (Å²) in [4.78, 5) is 26.5. The van der Waals surface area contributed by atoms with Crippen molar-refractivity contribution in [3.63, 3.8) is 0 Å². The van der Waals surface area contributed by atoms with Crippen LogP contribution in [0.2, 0.25) is 0 Å². The number of nitrogens with two attached hydrogens (primary N) is 1. The number of urea groups is 1. The first-order valence-corrected chi connectivity index (χ1v) is 7.99. The number of piperazine rings is 1. The second-order valence-corrected chi connectivity index (χ2v) is 6.33. The van der Waals surface area contributed by atoms with Crippen LogP contribution in [0.1, 0.15) is 31.2 Å². The van der Waals surface area contributed by atoms with E-state index in [2.05, 4.69) is 17.6 Å². The van der Waals surface area contributed by atoms with Crippen molar-refractivity contribution in [1.82, 2.24) is 15.5 Å². The Bertz CT molecular complexity index is 491. The normalized spacial score (nSPS) is 23.6. The van der Waals surface area contributed by atoms with E-state index in [1.54, 1.807) is 0 Å². The van der Waals surface area contributed by atoms with E-state index in [4.69, 9.17) is 5.73 Å². The Labute approximate surface area is 128 Å². The Kier molecular flexibility index (Phi) is 5.19. The van der Waals surface area contributed by atoms with Crippen molar-refractivity contribution in [1.29, 1.82) is 0 Å². The minimum absolute atomic E-state index is 0.0444. The van der Waals surface area contributed by atoms with Crippen LogP contribution in [-0.4, -0.2) is 42.0 Å². The fraction of sp³-hybridized carbons (Fsp3) is 0.571. The number of carbonyl (C=O) groups excluding carboxylic acids is 2. The van der Waals surface area contributed by atoms with E-state index < -0.39 is 6.03 Å². The van der Waals surface area contributed by atoms with E-state index in [0.29, 0.717) is 6.54 Å². The largest absolute Gasteiger partial charge is 0.352 e. The molecule has 2 heterocycles. The summed E-state index contributed by atoms with van der Waals surface area (Å²) in [5, 5.41) is 7.93. The number of nitrogens with one attached hydrogen (secondary N) is 2. The van der Waals surface area contributed by atoms with E-state index in [0.717, 1.165) is 11.4 Å². The zero-order valence-electron chi connectivity index (χ0n) is 12.3. The molecule has 0 spiro atoms. The standard InChI is InChI=1S/C14H22N4O2S/c1-9-10(2)18(6-5-16-9)13(19)8-11(17-14(15)20)12-4-3-7-21-12/h3-4,7,9-11,16H,5-6,8H2,1-2H3,(H3,15,17,20). The van der Waals surface area contributed by atoms with Crippen LogP contribution < -0.4 is 16.4 Å². The summed E-state index contributed by atoms with van der Waals surface area (Å²) in [5.74, 6) is 0.0444. The van der Waals surface area contributed by atoms with Gasteiger partial charge in [-0.2, -0.15) is 0 Å². The van der Waals surface area contributed by atoms with Gasteiger partial charge in [0.25, 0.3) is 0 Å². The third-order valence-corrected chi connectivity index (χ3v) is 4.92. The minimum atomic E-state index is -0.608. The summed E-state index contributed by atoms with van der Waals surface area (Å²) in [7, 11) is 0. The fourth-order valence-corrected chi connectivity index (χ4v) is 3.36. The van der Waals surface area contributed by atoms with Gasteiger partial charge in [0.2, 0.25) is 5.91 Å². The third kappa shape index (κ3) is 3.95. The molecule has 0 bridgehead atoms. The molecule has 3 atom stereocenters. The van der Waals surface area contributed by atoms with Gasteiger partial charge in [-0.05, 0) is 25.3 Å². The molecule has 0 radical (unpaired) electrons. The molecule has 3 amide bonds. The maximum absolute atomic E-state index is 12.6. The fourth-order valence-electron chi connectivity index (χ4n) is 2.58. The molecule has 1 aromatic rings. The van der Waals surface area contributed by atoms with Crippen LogP contribution in [0.5, 0.6) is 0 Å². The molecule has 1 aromatic heterocycles. The molecule has 0 saturated carbocycles. The van der Waals surface area contributed by atoms with Crippen LogP contribution in [0.15, 0.2) is 17.5 Å².